The van der Waals surface area contributed by atoms with Gasteiger partial charge in [-0.1, -0.05) is 0 Å². The average molecular weight is 512 g/mol. The van der Waals surface area contributed by atoms with Gasteiger partial charge in [-0.2, -0.15) is 0 Å². The minimum atomic E-state index is 0. The Morgan fingerprint density at radius 3 is 0.500 bits per heavy atom. The molecule has 6 heteroatoms. The van der Waals surface area contributed by atoms with Crippen molar-refractivity contribution in [3.05, 3.63) is 0 Å². The van der Waals surface area contributed by atoms with Gasteiger partial charge in [0.15, 0.2) is 0 Å². The second kappa shape index (κ2) is 34.8. The monoisotopic (exact) mass is 508 g/mol. The summed E-state index contributed by atoms with van der Waals surface area (Å²) < 4.78 is 0. The topological polar surface area (TPSA) is 0 Å². The average Bonchev–Trinajstić information content (AvgIpc) is 0. The Bertz CT molecular complexity index is 9.51. The van der Waals surface area contributed by atoms with Gasteiger partial charge in [-0.15, -0.1) is 0 Å². The summed E-state index contributed by atoms with van der Waals surface area (Å²) in [5.41, 5.74) is 0. The van der Waals surface area contributed by atoms with Crippen molar-refractivity contribution in [1.29, 1.82) is 0 Å². The predicted octanol–water partition coefficient (Wildman–Crippen LogP) is -4.74. The van der Waals surface area contributed by atoms with Crippen LogP contribution in [0.5, 0.6) is 0 Å². The molecule has 0 aromatic carbocycles. The smallest absolute Gasteiger partial charge is 0 e. The second-order valence-corrected chi connectivity index (χ2v) is 0. The van der Waals surface area contributed by atoms with Crippen molar-refractivity contribution in [3.8, 4) is 0 Å². The van der Waals surface area contributed by atoms with Crippen molar-refractivity contribution in [2.24, 2.45) is 0 Å². The van der Waals surface area contributed by atoms with Crippen LogP contribution >= 0.6 is 0 Å². The van der Waals surface area contributed by atoms with E-state index in [1.165, 1.54) is 0 Å². The fraction of sp³-hybridized carbons (Fsp3) is 0. The molecule has 0 amide bonds. The van der Waals surface area contributed by atoms with Crippen LogP contribution in [0.15, 0.2) is 0 Å². The molecule has 0 spiro atoms. The predicted molar refractivity (Wildman–Crippen MR) is 39.8 cm³/mol. The van der Waals surface area contributed by atoms with Crippen molar-refractivity contribution >= 4 is 91.3 Å². The van der Waals surface area contributed by atoms with Gasteiger partial charge < -0.3 is 0 Å². The van der Waals surface area contributed by atoms with Crippen LogP contribution < -0.4 is 0 Å². The molecule has 0 aromatic heterocycles. The van der Waals surface area contributed by atoms with Crippen molar-refractivity contribution in [2.75, 3.05) is 0 Å². The van der Waals surface area contributed by atoms with E-state index in [1.807, 2.05) is 0 Å². The van der Waals surface area contributed by atoms with Gasteiger partial charge >= 0.3 is 91.3 Å². The molecule has 0 atom stereocenters. The van der Waals surface area contributed by atoms with Crippen molar-refractivity contribution in [3.63, 3.8) is 0 Å². The minimum Gasteiger partial charge on any atom is 0 e. The third kappa shape index (κ3) is 24.0. The Hall–Kier alpha value is 4.26. The third-order valence-electron chi connectivity index (χ3n) is 0. The maximum Gasteiger partial charge on any atom is 0 e. The van der Waals surface area contributed by atoms with E-state index in [0.29, 0.717) is 0 Å². The van der Waals surface area contributed by atoms with E-state index < -0.39 is 0 Å². The van der Waals surface area contributed by atoms with Gasteiger partial charge in [0.2, 0.25) is 0 Å². The van der Waals surface area contributed by atoms with Gasteiger partial charge in [0, 0.05) is 39.0 Å². The van der Waals surface area contributed by atoms with E-state index in [9.17, 15) is 0 Å². The molecule has 6 heavy (non-hydrogen) atoms. The van der Waals surface area contributed by atoms with Crippen LogP contribution in [0, 0.1) is 0 Å². The zero-order valence-electron chi connectivity index (χ0n) is 1.41. The molecule has 28 valence electrons. The summed E-state index contributed by atoms with van der Waals surface area (Å²) in [5, 5.41) is 0. The standard InChI is InChI=1S/2Ga.2In.2Zn.12H. The number of hydrogen-bond acceptors (Lipinski definition) is 0. The van der Waals surface area contributed by atoms with Gasteiger partial charge in [0.25, 0.3) is 0 Å². The Balaban J connectivity index is 0. The quantitative estimate of drug-likeness (QED) is 0.287. The molecule has 0 saturated heterocycles. The zero-order valence-corrected chi connectivity index (χ0v) is 7.35. The molecule has 0 fully saturated rings. The first kappa shape index (κ1) is 48.5. The molecule has 0 aliphatic heterocycles. The molecule has 0 unspecified atom stereocenters. The molecular formula is H12Ga2In2Zn2. The van der Waals surface area contributed by atoms with E-state index in [4.69, 9.17) is 0 Å². The zero-order chi connectivity index (χ0) is 0. The van der Waals surface area contributed by atoms with Crippen molar-refractivity contribution in [2.45, 2.75) is 0 Å². The first-order chi connectivity index (χ1) is 0. The van der Waals surface area contributed by atoms with Crippen molar-refractivity contribution in [1.82, 2.24) is 0 Å². The largest absolute Gasteiger partial charge is 0 e. The molecule has 0 rings (SSSR count). The number of rotatable bonds is 0. The molecule has 0 heterocycles. The third-order valence-corrected chi connectivity index (χ3v) is 0. The van der Waals surface area contributed by atoms with Gasteiger partial charge in [-0.3, -0.25) is 0 Å². The Morgan fingerprint density at radius 1 is 0.500 bits per heavy atom. The Morgan fingerprint density at radius 2 is 0.500 bits per heavy atom. The first-order valence-electron chi connectivity index (χ1n) is 0. The minimum absolute atomic E-state index is 0. The summed E-state index contributed by atoms with van der Waals surface area (Å²) in [4.78, 5) is 0. The molecule has 0 aromatic rings. The Labute approximate surface area is 127 Å². The maximum atomic E-state index is 0. The van der Waals surface area contributed by atoms with Gasteiger partial charge in [-0.05, 0) is 0 Å². The van der Waals surface area contributed by atoms with E-state index in [0.717, 1.165) is 0 Å². The SMILES string of the molecule is [GaH3].[GaH3].[InH3].[InH3].[Zn].[Zn]. The second-order valence-electron chi connectivity index (χ2n) is 0. The van der Waals surface area contributed by atoms with Crippen LogP contribution in [0.2, 0.25) is 0 Å². The van der Waals surface area contributed by atoms with Gasteiger partial charge in [0.05, 0.1) is 0 Å². The summed E-state index contributed by atoms with van der Waals surface area (Å²) in [7, 11) is 0. The van der Waals surface area contributed by atoms with Crippen LogP contribution in [0.3, 0.4) is 0 Å². The Kier molecular flexibility index (Phi) is 281. The summed E-state index contributed by atoms with van der Waals surface area (Å²) in [6.45, 7) is 0. The summed E-state index contributed by atoms with van der Waals surface area (Å²) in [5.74, 6) is 0. The fourth-order valence-electron chi connectivity index (χ4n) is 0. The molecule has 0 radical (unpaired) electrons. The summed E-state index contributed by atoms with van der Waals surface area (Å²) in [6.07, 6.45) is 0. The molecular weight excluding hydrogens is 500 g/mol. The van der Waals surface area contributed by atoms with Crippen molar-refractivity contribution < 1.29 is 39.0 Å². The van der Waals surface area contributed by atoms with Gasteiger partial charge in [-0.25, -0.2) is 0 Å². The van der Waals surface area contributed by atoms with Crippen LogP contribution in [-0.2, 0) is 39.0 Å². The van der Waals surface area contributed by atoms with Gasteiger partial charge in [0.1, 0.15) is 0 Å². The van der Waals surface area contributed by atoms with Crippen LogP contribution in [0.4, 0.5) is 0 Å². The molecule has 0 N–H and O–H groups in total. The fourth-order valence-corrected chi connectivity index (χ4v) is 0. The van der Waals surface area contributed by atoms with Crippen LogP contribution in [0.25, 0.3) is 0 Å². The normalized spacial score (nSPS) is 0. The van der Waals surface area contributed by atoms with E-state index in [2.05, 4.69) is 0 Å². The molecule has 0 nitrogen and oxygen atoms in total. The van der Waals surface area contributed by atoms with E-state index >= 15 is 0 Å². The first-order valence-corrected chi connectivity index (χ1v) is 0. The molecule has 0 bridgehead atoms. The number of hydrogen-bond donors (Lipinski definition) is 0. The maximum absolute atomic E-state index is 0. The van der Waals surface area contributed by atoms with Crippen LogP contribution in [0.1, 0.15) is 0 Å². The summed E-state index contributed by atoms with van der Waals surface area (Å²) in [6, 6.07) is 0. The van der Waals surface area contributed by atoms with E-state index in [-0.39, 0.29) is 130 Å². The molecule has 0 saturated carbocycles. The molecule has 0 aliphatic rings. The summed E-state index contributed by atoms with van der Waals surface area (Å²) >= 11 is 0. The van der Waals surface area contributed by atoms with Crippen LogP contribution in [-0.4, -0.2) is 91.3 Å². The van der Waals surface area contributed by atoms with E-state index in [1.54, 1.807) is 0 Å². The molecule has 0 aliphatic carbocycles.